The average Bonchev–Trinajstić information content (AvgIpc) is 3.16. The Bertz CT molecular complexity index is 954. The zero-order chi connectivity index (χ0) is 21.0. The highest BCUT2D eigenvalue weighted by Crippen LogP contribution is 2.35. The molecule has 0 aliphatic heterocycles. The second-order valence-corrected chi connectivity index (χ2v) is 8.24. The first-order chi connectivity index (χ1) is 13.9. The third kappa shape index (κ3) is 5.76. The van der Waals surface area contributed by atoms with E-state index in [4.69, 9.17) is 26.1 Å². The van der Waals surface area contributed by atoms with Gasteiger partial charge in [0.1, 0.15) is 11.5 Å². The van der Waals surface area contributed by atoms with Gasteiger partial charge in [-0.15, -0.1) is 12.4 Å². The lowest BCUT2D eigenvalue weighted by atomic mass is 10.2. The van der Waals surface area contributed by atoms with E-state index in [0.29, 0.717) is 29.0 Å². The summed E-state index contributed by atoms with van der Waals surface area (Å²) < 4.78 is 11.7. The summed E-state index contributed by atoms with van der Waals surface area (Å²) in [4.78, 5) is 21.4. The van der Waals surface area contributed by atoms with Crippen molar-refractivity contribution in [1.29, 1.82) is 0 Å². The number of nitrogens with zero attached hydrogens (tertiary/aromatic N) is 3. The Morgan fingerprint density at radius 2 is 1.77 bits per heavy atom. The highest BCUT2D eigenvalue weighted by atomic mass is 35.5. The van der Waals surface area contributed by atoms with Crippen LogP contribution in [0.4, 0.5) is 5.13 Å². The van der Waals surface area contributed by atoms with Crippen LogP contribution in [0, 0.1) is 6.92 Å². The second-order valence-electron chi connectivity index (χ2n) is 6.85. The van der Waals surface area contributed by atoms with Gasteiger partial charge in [-0.2, -0.15) is 0 Å². The number of carbonyl (C=O) groups is 1. The van der Waals surface area contributed by atoms with E-state index in [1.54, 1.807) is 36.3 Å². The maximum Gasteiger partial charge on any atom is 0.266 e. The summed E-state index contributed by atoms with van der Waals surface area (Å²) in [5, 5.41) is 1.27. The summed E-state index contributed by atoms with van der Waals surface area (Å²) >= 11 is 7.77. The van der Waals surface area contributed by atoms with Crippen molar-refractivity contribution in [3.8, 4) is 11.5 Å². The summed E-state index contributed by atoms with van der Waals surface area (Å²) in [6, 6.07) is 10.9. The molecule has 30 heavy (non-hydrogen) atoms. The Balaban J connectivity index is 0.00000320. The number of rotatable bonds is 8. The predicted octanol–water partition coefficient (Wildman–Crippen LogP) is 4.66. The quantitative estimate of drug-likeness (QED) is 0.479. The summed E-state index contributed by atoms with van der Waals surface area (Å²) in [5.41, 5.74) is 1.86. The molecular formula is C21H25Cl2N3O3S. The van der Waals surface area contributed by atoms with Crippen molar-refractivity contribution in [3.05, 3.63) is 47.0 Å². The van der Waals surface area contributed by atoms with E-state index in [0.717, 1.165) is 21.5 Å². The van der Waals surface area contributed by atoms with Crippen LogP contribution in [-0.2, 0) is 4.79 Å². The van der Waals surface area contributed by atoms with Gasteiger partial charge in [-0.3, -0.25) is 9.69 Å². The summed E-state index contributed by atoms with van der Waals surface area (Å²) in [5.74, 6) is 1.18. The first-order valence-electron chi connectivity index (χ1n) is 9.16. The van der Waals surface area contributed by atoms with E-state index in [9.17, 15) is 4.79 Å². The second kappa shape index (κ2) is 10.8. The first kappa shape index (κ1) is 24.2. The molecule has 0 saturated carbocycles. The van der Waals surface area contributed by atoms with Crippen molar-refractivity contribution in [2.75, 3.05) is 45.8 Å². The van der Waals surface area contributed by atoms with E-state index in [2.05, 4.69) is 0 Å². The van der Waals surface area contributed by atoms with Crippen molar-refractivity contribution >= 4 is 56.6 Å². The standard InChI is InChI=1S/C21H24ClN3O3S.ClH/c1-14-5-10-17(22)20-19(14)23-21(29-20)25(12-11-24(2)3)18(26)13-28-16-8-6-15(27-4)7-9-16;/h5-10H,11-13H2,1-4H3;1H. The van der Waals surface area contributed by atoms with Gasteiger partial charge in [0.15, 0.2) is 11.7 Å². The Hall–Kier alpha value is -2.06. The molecule has 0 N–H and O–H groups in total. The molecule has 0 atom stereocenters. The molecular weight excluding hydrogens is 445 g/mol. The van der Waals surface area contributed by atoms with Crippen LogP contribution in [-0.4, -0.2) is 56.7 Å². The van der Waals surface area contributed by atoms with Crippen LogP contribution in [0.25, 0.3) is 10.2 Å². The summed E-state index contributed by atoms with van der Waals surface area (Å²) in [7, 11) is 5.54. The minimum Gasteiger partial charge on any atom is -0.497 e. The molecule has 1 amide bonds. The zero-order valence-corrected chi connectivity index (χ0v) is 19.7. The molecule has 0 unspecified atom stereocenters. The Kier molecular flexibility index (Phi) is 8.73. The first-order valence-corrected chi connectivity index (χ1v) is 10.4. The van der Waals surface area contributed by atoms with Gasteiger partial charge in [-0.25, -0.2) is 4.98 Å². The molecule has 6 nitrogen and oxygen atoms in total. The van der Waals surface area contributed by atoms with Crippen LogP contribution in [0.5, 0.6) is 11.5 Å². The van der Waals surface area contributed by atoms with Gasteiger partial charge < -0.3 is 14.4 Å². The molecule has 2 aromatic carbocycles. The monoisotopic (exact) mass is 469 g/mol. The Morgan fingerprint density at radius 3 is 2.37 bits per heavy atom. The number of aryl methyl sites for hydroxylation is 1. The largest absolute Gasteiger partial charge is 0.497 e. The van der Waals surface area contributed by atoms with E-state index < -0.39 is 0 Å². The number of benzene rings is 2. The Labute approximate surface area is 191 Å². The topological polar surface area (TPSA) is 54.9 Å². The van der Waals surface area contributed by atoms with Crippen molar-refractivity contribution in [1.82, 2.24) is 9.88 Å². The lowest BCUT2D eigenvalue weighted by Gasteiger charge is -2.22. The van der Waals surface area contributed by atoms with E-state index in [-0.39, 0.29) is 24.9 Å². The fourth-order valence-electron chi connectivity index (χ4n) is 2.73. The molecule has 1 aromatic heterocycles. The van der Waals surface area contributed by atoms with Gasteiger partial charge in [-0.1, -0.05) is 29.0 Å². The van der Waals surface area contributed by atoms with Gasteiger partial charge in [0, 0.05) is 13.1 Å². The highest BCUT2D eigenvalue weighted by Gasteiger charge is 2.22. The number of amides is 1. The molecule has 162 valence electrons. The van der Waals surface area contributed by atoms with Gasteiger partial charge in [-0.05, 0) is 56.9 Å². The summed E-state index contributed by atoms with van der Waals surface area (Å²) in [6.07, 6.45) is 0. The molecule has 0 radical (unpaired) electrons. The van der Waals surface area contributed by atoms with Crippen molar-refractivity contribution in [2.24, 2.45) is 0 Å². The third-order valence-electron chi connectivity index (χ3n) is 4.41. The number of thiazole rings is 1. The Morgan fingerprint density at radius 1 is 1.10 bits per heavy atom. The van der Waals surface area contributed by atoms with E-state index >= 15 is 0 Å². The van der Waals surface area contributed by atoms with Crippen LogP contribution in [0.1, 0.15) is 5.56 Å². The lowest BCUT2D eigenvalue weighted by Crippen LogP contribution is -2.39. The SMILES string of the molecule is COc1ccc(OCC(=O)N(CCN(C)C)c2nc3c(C)ccc(Cl)c3s2)cc1.Cl. The molecule has 3 aromatic rings. The van der Waals surface area contributed by atoms with E-state index in [1.165, 1.54) is 11.3 Å². The summed E-state index contributed by atoms with van der Waals surface area (Å²) in [6.45, 7) is 3.12. The maximum absolute atomic E-state index is 13.0. The minimum absolute atomic E-state index is 0. The normalized spacial score (nSPS) is 10.7. The number of fused-ring (bicyclic) bond motifs is 1. The van der Waals surface area contributed by atoms with Crippen molar-refractivity contribution in [3.63, 3.8) is 0 Å². The van der Waals surface area contributed by atoms with Crippen LogP contribution in [0.3, 0.4) is 0 Å². The highest BCUT2D eigenvalue weighted by molar-refractivity contribution is 7.23. The van der Waals surface area contributed by atoms with Gasteiger partial charge in [0.25, 0.3) is 5.91 Å². The fourth-order valence-corrected chi connectivity index (χ4v) is 4.09. The van der Waals surface area contributed by atoms with Gasteiger partial charge in [0.2, 0.25) is 0 Å². The number of ether oxygens (including phenoxy) is 2. The third-order valence-corrected chi connectivity index (χ3v) is 5.95. The van der Waals surface area contributed by atoms with Crippen LogP contribution >= 0.6 is 35.3 Å². The molecule has 0 saturated heterocycles. The molecule has 0 aliphatic rings. The van der Waals surface area contributed by atoms with E-state index in [1.807, 2.05) is 38.1 Å². The number of likely N-dealkylation sites (N-methyl/N-ethyl adjacent to an activating group) is 1. The number of aromatic nitrogens is 1. The number of carbonyl (C=O) groups excluding carboxylic acids is 1. The van der Waals surface area contributed by atoms with Crippen molar-refractivity contribution in [2.45, 2.75) is 6.92 Å². The minimum atomic E-state index is -0.157. The molecule has 9 heteroatoms. The molecule has 1 heterocycles. The number of anilines is 1. The van der Waals surface area contributed by atoms with Crippen molar-refractivity contribution < 1.29 is 14.3 Å². The molecule has 0 spiro atoms. The lowest BCUT2D eigenvalue weighted by molar-refractivity contribution is -0.120. The zero-order valence-electron chi connectivity index (χ0n) is 17.3. The van der Waals surface area contributed by atoms with Crippen LogP contribution in [0.15, 0.2) is 36.4 Å². The van der Waals surface area contributed by atoms with Gasteiger partial charge in [0.05, 0.1) is 22.3 Å². The fraction of sp³-hybridized carbons (Fsp3) is 0.333. The predicted molar refractivity (Wildman–Crippen MR) is 126 cm³/mol. The van der Waals surface area contributed by atoms with Gasteiger partial charge >= 0.3 is 0 Å². The molecule has 0 fully saturated rings. The molecule has 0 bridgehead atoms. The number of hydrogen-bond donors (Lipinski definition) is 0. The number of hydrogen-bond acceptors (Lipinski definition) is 6. The van der Waals surface area contributed by atoms with Crippen LogP contribution in [0.2, 0.25) is 5.02 Å². The number of halogens is 2. The smallest absolute Gasteiger partial charge is 0.266 e. The maximum atomic E-state index is 13.0. The average molecular weight is 470 g/mol. The number of methoxy groups -OCH3 is 1. The molecule has 3 rings (SSSR count). The molecule has 0 aliphatic carbocycles. The van der Waals surface area contributed by atoms with Crippen LogP contribution < -0.4 is 14.4 Å².